The van der Waals surface area contributed by atoms with Crippen LogP contribution in [-0.2, 0) is 11.3 Å². The minimum atomic E-state index is -0.182. The van der Waals surface area contributed by atoms with Gasteiger partial charge in [-0.15, -0.1) is 0 Å². The monoisotopic (exact) mass is 331 g/mol. The van der Waals surface area contributed by atoms with Crippen LogP contribution in [-0.4, -0.2) is 40.3 Å². The van der Waals surface area contributed by atoms with Crippen LogP contribution in [0.3, 0.4) is 0 Å². The van der Waals surface area contributed by atoms with E-state index in [9.17, 15) is 9.90 Å². The average Bonchev–Trinajstić information content (AvgIpc) is 2.93. The number of benzene rings is 1. The van der Waals surface area contributed by atoms with Crippen LogP contribution in [0.2, 0.25) is 0 Å². The van der Waals surface area contributed by atoms with E-state index in [1.54, 1.807) is 13.0 Å². The highest BCUT2D eigenvalue weighted by atomic mass is 16.5. The molecule has 2 aromatic rings. The van der Waals surface area contributed by atoms with Gasteiger partial charge >= 0.3 is 0 Å². The standard InChI is InChI=1S/C18H25N3O3/c1-13(2)16(12-22)21(10-15-7-5-4-6-8-15)11-18(23)19-17-9-14(3)24-20-17/h4-9,13,16,22H,10-12H2,1-3H3,(H,19,20,23). The van der Waals surface area contributed by atoms with Crippen molar-refractivity contribution in [2.24, 2.45) is 5.92 Å². The van der Waals surface area contributed by atoms with Gasteiger partial charge in [0, 0.05) is 18.7 Å². The number of aromatic nitrogens is 1. The summed E-state index contributed by atoms with van der Waals surface area (Å²) in [4.78, 5) is 14.3. The summed E-state index contributed by atoms with van der Waals surface area (Å²) < 4.78 is 4.95. The summed E-state index contributed by atoms with van der Waals surface area (Å²) in [7, 11) is 0. The number of amides is 1. The Morgan fingerprint density at radius 2 is 2.04 bits per heavy atom. The SMILES string of the molecule is Cc1cc(NC(=O)CN(Cc2ccccc2)C(CO)C(C)C)no1. The van der Waals surface area contributed by atoms with Gasteiger partial charge in [0.1, 0.15) is 5.76 Å². The summed E-state index contributed by atoms with van der Waals surface area (Å²) in [5, 5.41) is 16.3. The van der Waals surface area contributed by atoms with Crippen LogP contribution in [0.25, 0.3) is 0 Å². The molecule has 1 unspecified atom stereocenters. The van der Waals surface area contributed by atoms with Crippen LogP contribution in [0.1, 0.15) is 25.2 Å². The van der Waals surface area contributed by atoms with E-state index in [1.807, 2.05) is 49.1 Å². The van der Waals surface area contributed by atoms with E-state index >= 15 is 0 Å². The molecule has 0 aliphatic rings. The summed E-state index contributed by atoms with van der Waals surface area (Å²) in [6, 6.07) is 11.5. The predicted molar refractivity (Wildman–Crippen MR) is 92.4 cm³/mol. The van der Waals surface area contributed by atoms with Gasteiger partial charge < -0.3 is 14.9 Å². The molecule has 0 saturated carbocycles. The molecule has 1 atom stereocenters. The fourth-order valence-electron chi connectivity index (χ4n) is 2.65. The largest absolute Gasteiger partial charge is 0.395 e. The van der Waals surface area contributed by atoms with Gasteiger partial charge in [0.05, 0.1) is 13.2 Å². The summed E-state index contributed by atoms with van der Waals surface area (Å²) in [6.45, 7) is 6.61. The lowest BCUT2D eigenvalue weighted by atomic mass is 10.0. The Hall–Kier alpha value is -2.18. The first kappa shape index (κ1) is 18.2. The third-order valence-corrected chi connectivity index (χ3v) is 3.90. The zero-order valence-corrected chi connectivity index (χ0v) is 14.4. The smallest absolute Gasteiger partial charge is 0.239 e. The second kappa shape index (κ2) is 8.61. The average molecular weight is 331 g/mol. The second-order valence-corrected chi connectivity index (χ2v) is 6.26. The third-order valence-electron chi connectivity index (χ3n) is 3.90. The molecule has 0 aliphatic heterocycles. The maximum atomic E-state index is 12.3. The molecule has 2 N–H and O–H groups in total. The maximum absolute atomic E-state index is 12.3. The van der Waals surface area contributed by atoms with Crippen LogP contribution in [0.15, 0.2) is 40.9 Å². The molecule has 1 aromatic carbocycles. The van der Waals surface area contributed by atoms with Crippen molar-refractivity contribution in [1.82, 2.24) is 10.1 Å². The van der Waals surface area contributed by atoms with Gasteiger partial charge in [-0.2, -0.15) is 0 Å². The lowest BCUT2D eigenvalue weighted by molar-refractivity contribution is -0.118. The number of nitrogens with zero attached hydrogens (tertiary/aromatic N) is 2. The zero-order valence-electron chi connectivity index (χ0n) is 14.4. The van der Waals surface area contributed by atoms with Gasteiger partial charge in [0.2, 0.25) is 5.91 Å². The summed E-state index contributed by atoms with van der Waals surface area (Å²) >= 11 is 0. The number of hydrogen-bond donors (Lipinski definition) is 2. The molecule has 24 heavy (non-hydrogen) atoms. The van der Waals surface area contributed by atoms with E-state index < -0.39 is 0 Å². The lowest BCUT2D eigenvalue weighted by Gasteiger charge is -2.32. The Balaban J connectivity index is 2.08. The van der Waals surface area contributed by atoms with Crippen LogP contribution in [0.5, 0.6) is 0 Å². The number of hydrogen-bond acceptors (Lipinski definition) is 5. The molecule has 1 heterocycles. The summed E-state index contributed by atoms with van der Waals surface area (Å²) in [5.41, 5.74) is 1.10. The molecule has 0 aliphatic carbocycles. The Labute approximate surface area is 142 Å². The molecule has 6 heteroatoms. The van der Waals surface area contributed by atoms with Gasteiger partial charge in [-0.1, -0.05) is 49.3 Å². The molecule has 130 valence electrons. The molecule has 0 fully saturated rings. The molecule has 0 saturated heterocycles. The lowest BCUT2D eigenvalue weighted by Crippen LogP contribution is -2.45. The number of nitrogens with one attached hydrogen (secondary N) is 1. The van der Waals surface area contributed by atoms with Crippen LogP contribution < -0.4 is 5.32 Å². The molecule has 1 amide bonds. The minimum absolute atomic E-state index is 0.000842. The first-order valence-electron chi connectivity index (χ1n) is 8.11. The number of carbonyl (C=O) groups is 1. The van der Waals surface area contributed by atoms with E-state index in [-0.39, 0.29) is 31.0 Å². The van der Waals surface area contributed by atoms with Crippen molar-refractivity contribution in [2.75, 3.05) is 18.5 Å². The number of aliphatic hydroxyl groups excluding tert-OH is 1. The molecule has 2 rings (SSSR count). The summed E-state index contributed by atoms with van der Waals surface area (Å²) in [6.07, 6.45) is 0. The maximum Gasteiger partial charge on any atom is 0.239 e. The Kier molecular flexibility index (Phi) is 6.52. The Bertz CT molecular complexity index is 640. The van der Waals surface area contributed by atoms with Crippen molar-refractivity contribution in [2.45, 2.75) is 33.4 Å². The molecule has 0 radical (unpaired) electrons. The minimum Gasteiger partial charge on any atom is -0.395 e. The van der Waals surface area contributed by atoms with Crippen LogP contribution in [0, 0.1) is 12.8 Å². The molecular weight excluding hydrogens is 306 g/mol. The highest BCUT2D eigenvalue weighted by Gasteiger charge is 2.24. The second-order valence-electron chi connectivity index (χ2n) is 6.26. The Morgan fingerprint density at radius 3 is 2.58 bits per heavy atom. The van der Waals surface area contributed by atoms with Crippen molar-refractivity contribution >= 4 is 11.7 Å². The molecule has 1 aromatic heterocycles. The number of aliphatic hydroxyl groups is 1. The van der Waals surface area contributed by atoms with E-state index in [0.29, 0.717) is 18.1 Å². The van der Waals surface area contributed by atoms with Crippen molar-refractivity contribution in [3.8, 4) is 0 Å². The predicted octanol–water partition coefficient (Wildman–Crippen LogP) is 2.44. The van der Waals surface area contributed by atoms with Crippen molar-refractivity contribution in [3.05, 3.63) is 47.7 Å². The fraction of sp³-hybridized carbons (Fsp3) is 0.444. The first-order chi connectivity index (χ1) is 11.5. The number of anilines is 1. The number of aryl methyl sites for hydroxylation is 1. The summed E-state index contributed by atoms with van der Waals surface area (Å²) in [5.74, 6) is 1.09. The van der Waals surface area contributed by atoms with Crippen LogP contribution in [0.4, 0.5) is 5.82 Å². The van der Waals surface area contributed by atoms with Crippen molar-refractivity contribution in [1.29, 1.82) is 0 Å². The quantitative estimate of drug-likeness (QED) is 0.777. The van der Waals surface area contributed by atoms with Gasteiger partial charge in [-0.25, -0.2) is 0 Å². The molecule has 0 bridgehead atoms. The zero-order chi connectivity index (χ0) is 17.5. The molecule has 0 spiro atoms. The van der Waals surface area contributed by atoms with Gasteiger partial charge in [0.15, 0.2) is 5.82 Å². The third kappa shape index (κ3) is 5.18. The van der Waals surface area contributed by atoms with E-state index in [1.165, 1.54) is 0 Å². The Morgan fingerprint density at radius 1 is 1.33 bits per heavy atom. The highest BCUT2D eigenvalue weighted by molar-refractivity contribution is 5.91. The first-order valence-corrected chi connectivity index (χ1v) is 8.11. The van der Waals surface area contributed by atoms with E-state index in [2.05, 4.69) is 10.5 Å². The molecular formula is C18H25N3O3. The van der Waals surface area contributed by atoms with E-state index in [4.69, 9.17) is 4.52 Å². The van der Waals surface area contributed by atoms with Crippen LogP contribution >= 0.6 is 0 Å². The van der Waals surface area contributed by atoms with Gasteiger partial charge in [-0.05, 0) is 18.4 Å². The number of rotatable bonds is 8. The van der Waals surface area contributed by atoms with E-state index in [0.717, 1.165) is 5.56 Å². The highest BCUT2D eigenvalue weighted by Crippen LogP contribution is 2.15. The normalized spacial score (nSPS) is 12.6. The number of carbonyl (C=O) groups excluding carboxylic acids is 1. The van der Waals surface area contributed by atoms with Crippen molar-refractivity contribution < 1.29 is 14.4 Å². The molecule has 6 nitrogen and oxygen atoms in total. The topological polar surface area (TPSA) is 78.6 Å². The van der Waals surface area contributed by atoms with Gasteiger partial charge in [-0.3, -0.25) is 9.69 Å². The fourth-order valence-corrected chi connectivity index (χ4v) is 2.65. The van der Waals surface area contributed by atoms with Crippen molar-refractivity contribution in [3.63, 3.8) is 0 Å². The van der Waals surface area contributed by atoms with Gasteiger partial charge in [0.25, 0.3) is 0 Å².